The summed E-state index contributed by atoms with van der Waals surface area (Å²) in [7, 11) is 0. The van der Waals surface area contributed by atoms with Crippen molar-refractivity contribution < 1.29 is 14.7 Å². The number of hydrogen-bond acceptors (Lipinski definition) is 4. The number of amides is 1. The number of benzene rings is 2. The molecule has 0 saturated carbocycles. The molecule has 0 aliphatic rings. The van der Waals surface area contributed by atoms with E-state index in [-0.39, 0.29) is 17.2 Å². The number of nitrogens with one attached hydrogen (secondary N) is 2. The van der Waals surface area contributed by atoms with Gasteiger partial charge < -0.3 is 21.5 Å². The number of para-hydroxylation sites is 1. The van der Waals surface area contributed by atoms with Crippen molar-refractivity contribution in [2.75, 3.05) is 16.4 Å². The van der Waals surface area contributed by atoms with Gasteiger partial charge in [-0.05, 0) is 30.3 Å². The quantitative estimate of drug-likeness (QED) is 0.646. The summed E-state index contributed by atoms with van der Waals surface area (Å²) in [5.74, 6) is -1.25. The number of anilines is 4. The summed E-state index contributed by atoms with van der Waals surface area (Å²) in [5, 5.41) is 14.8. The molecule has 2 aromatic rings. The van der Waals surface area contributed by atoms with E-state index in [1.165, 1.54) is 13.0 Å². The fourth-order valence-electron chi connectivity index (χ4n) is 1.89. The lowest BCUT2D eigenvalue weighted by molar-refractivity contribution is -0.114. The van der Waals surface area contributed by atoms with Gasteiger partial charge in [0.15, 0.2) is 0 Å². The van der Waals surface area contributed by atoms with Crippen LogP contribution < -0.4 is 16.4 Å². The Balaban J connectivity index is 2.28. The van der Waals surface area contributed by atoms with Crippen molar-refractivity contribution >= 4 is 34.6 Å². The second kappa shape index (κ2) is 5.96. The van der Waals surface area contributed by atoms with Crippen LogP contribution in [0.15, 0.2) is 42.5 Å². The van der Waals surface area contributed by atoms with Crippen LogP contribution in [-0.4, -0.2) is 17.0 Å². The van der Waals surface area contributed by atoms with Gasteiger partial charge in [-0.25, -0.2) is 4.79 Å². The number of carboxylic acid groups (broad SMARTS) is 1. The summed E-state index contributed by atoms with van der Waals surface area (Å²) >= 11 is 0. The van der Waals surface area contributed by atoms with Crippen LogP contribution in [0.5, 0.6) is 0 Å². The number of nitrogen functional groups attached to an aromatic ring is 1. The van der Waals surface area contributed by atoms with Crippen molar-refractivity contribution in [3.63, 3.8) is 0 Å². The summed E-state index contributed by atoms with van der Waals surface area (Å²) in [6.45, 7) is 1.43. The Morgan fingerprint density at radius 2 is 1.76 bits per heavy atom. The number of rotatable bonds is 4. The highest BCUT2D eigenvalue weighted by Crippen LogP contribution is 2.27. The van der Waals surface area contributed by atoms with Crippen molar-refractivity contribution in [2.45, 2.75) is 6.92 Å². The molecule has 0 heterocycles. The number of carboxylic acids is 1. The van der Waals surface area contributed by atoms with Crippen molar-refractivity contribution in [1.82, 2.24) is 0 Å². The SMILES string of the molecule is CC(=O)Nc1cccc(Nc2cccc(C(=O)O)c2N)c1. The summed E-state index contributed by atoms with van der Waals surface area (Å²) < 4.78 is 0. The molecule has 0 fully saturated rings. The van der Waals surface area contributed by atoms with E-state index in [2.05, 4.69) is 10.6 Å². The predicted octanol–water partition coefficient (Wildman–Crippen LogP) is 2.67. The first kappa shape index (κ1) is 14.4. The van der Waals surface area contributed by atoms with Gasteiger partial charge in [0.2, 0.25) is 5.91 Å². The Morgan fingerprint density at radius 3 is 2.43 bits per heavy atom. The molecule has 21 heavy (non-hydrogen) atoms. The van der Waals surface area contributed by atoms with Gasteiger partial charge in [-0.2, -0.15) is 0 Å². The molecule has 2 rings (SSSR count). The average molecular weight is 285 g/mol. The highest BCUT2D eigenvalue weighted by Gasteiger charge is 2.11. The maximum atomic E-state index is 11.0. The van der Waals surface area contributed by atoms with Crippen LogP contribution in [0.1, 0.15) is 17.3 Å². The van der Waals surface area contributed by atoms with E-state index >= 15 is 0 Å². The van der Waals surface area contributed by atoms with E-state index in [1.54, 1.807) is 36.4 Å². The lowest BCUT2D eigenvalue weighted by Crippen LogP contribution is -2.07. The topological polar surface area (TPSA) is 104 Å². The van der Waals surface area contributed by atoms with Crippen molar-refractivity contribution in [3.8, 4) is 0 Å². The van der Waals surface area contributed by atoms with Crippen molar-refractivity contribution in [1.29, 1.82) is 0 Å². The van der Waals surface area contributed by atoms with E-state index in [9.17, 15) is 9.59 Å². The van der Waals surface area contributed by atoms with E-state index in [0.29, 0.717) is 17.1 Å². The smallest absolute Gasteiger partial charge is 0.337 e. The first-order valence-electron chi connectivity index (χ1n) is 6.24. The number of carbonyl (C=O) groups is 2. The minimum Gasteiger partial charge on any atom is -0.478 e. The van der Waals surface area contributed by atoms with Crippen LogP contribution in [0.25, 0.3) is 0 Å². The van der Waals surface area contributed by atoms with Crippen LogP contribution in [0.4, 0.5) is 22.7 Å². The molecule has 0 radical (unpaired) electrons. The molecule has 0 aliphatic heterocycles. The van der Waals surface area contributed by atoms with Crippen LogP contribution in [0.2, 0.25) is 0 Å². The molecule has 0 unspecified atom stereocenters. The van der Waals surface area contributed by atoms with Crippen molar-refractivity contribution in [3.05, 3.63) is 48.0 Å². The van der Waals surface area contributed by atoms with Gasteiger partial charge in [0.1, 0.15) is 0 Å². The predicted molar refractivity (Wildman–Crippen MR) is 81.8 cm³/mol. The first-order valence-corrected chi connectivity index (χ1v) is 6.24. The largest absolute Gasteiger partial charge is 0.478 e. The summed E-state index contributed by atoms with van der Waals surface area (Å²) in [6.07, 6.45) is 0. The zero-order valence-electron chi connectivity index (χ0n) is 11.4. The van der Waals surface area contributed by atoms with Gasteiger partial charge in [-0.15, -0.1) is 0 Å². The standard InChI is InChI=1S/C15H15N3O3/c1-9(19)17-10-4-2-5-11(8-10)18-13-7-3-6-12(14(13)16)15(20)21/h2-8,18H,16H2,1H3,(H,17,19)(H,20,21). The molecule has 1 amide bonds. The molecule has 5 N–H and O–H groups in total. The zero-order chi connectivity index (χ0) is 15.4. The maximum absolute atomic E-state index is 11.0. The number of hydrogen-bond donors (Lipinski definition) is 4. The van der Waals surface area contributed by atoms with Gasteiger partial charge in [0, 0.05) is 18.3 Å². The lowest BCUT2D eigenvalue weighted by atomic mass is 10.1. The molecule has 0 saturated heterocycles. The highest BCUT2D eigenvalue weighted by atomic mass is 16.4. The zero-order valence-corrected chi connectivity index (χ0v) is 11.4. The number of nitrogens with two attached hydrogens (primary N) is 1. The molecule has 6 nitrogen and oxygen atoms in total. The van der Waals surface area contributed by atoms with Gasteiger partial charge >= 0.3 is 5.97 Å². The number of aromatic carboxylic acids is 1. The summed E-state index contributed by atoms with van der Waals surface area (Å²) in [5.41, 5.74) is 7.86. The fourth-order valence-corrected chi connectivity index (χ4v) is 1.89. The van der Waals surface area contributed by atoms with Crippen LogP contribution in [0.3, 0.4) is 0 Å². The van der Waals surface area contributed by atoms with Crippen LogP contribution in [-0.2, 0) is 4.79 Å². The molecule has 0 spiro atoms. The van der Waals surface area contributed by atoms with Crippen molar-refractivity contribution in [2.24, 2.45) is 0 Å². The molecule has 0 aliphatic carbocycles. The molecule has 2 aromatic carbocycles. The average Bonchev–Trinajstić information content (AvgIpc) is 2.40. The summed E-state index contributed by atoms with van der Waals surface area (Å²) in [6, 6.07) is 11.8. The Morgan fingerprint density at radius 1 is 1.10 bits per heavy atom. The van der Waals surface area contributed by atoms with Crippen LogP contribution in [0, 0.1) is 0 Å². The Hall–Kier alpha value is -3.02. The molecular weight excluding hydrogens is 270 g/mol. The molecule has 0 atom stereocenters. The third-order valence-corrected chi connectivity index (χ3v) is 2.80. The van der Waals surface area contributed by atoms with Gasteiger partial charge in [0.05, 0.1) is 16.9 Å². The number of carbonyl (C=O) groups excluding carboxylic acids is 1. The fraction of sp³-hybridized carbons (Fsp3) is 0.0667. The monoisotopic (exact) mass is 285 g/mol. The third-order valence-electron chi connectivity index (χ3n) is 2.80. The van der Waals surface area contributed by atoms with Crippen LogP contribution >= 0.6 is 0 Å². The Kier molecular flexibility index (Phi) is 4.08. The molecule has 0 aromatic heterocycles. The molecule has 108 valence electrons. The molecular formula is C15H15N3O3. The Labute approximate surface area is 121 Å². The maximum Gasteiger partial charge on any atom is 0.337 e. The van der Waals surface area contributed by atoms with E-state index in [0.717, 1.165) is 0 Å². The second-order valence-corrected chi connectivity index (χ2v) is 4.46. The van der Waals surface area contributed by atoms with E-state index in [4.69, 9.17) is 10.8 Å². The summed E-state index contributed by atoms with van der Waals surface area (Å²) in [4.78, 5) is 22.1. The normalized spacial score (nSPS) is 9.95. The first-order chi connectivity index (χ1) is 9.97. The van der Waals surface area contributed by atoms with E-state index in [1.807, 2.05) is 0 Å². The van der Waals surface area contributed by atoms with Gasteiger partial charge in [0.25, 0.3) is 0 Å². The highest BCUT2D eigenvalue weighted by molar-refractivity contribution is 5.97. The van der Waals surface area contributed by atoms with E-state index < -0.39 is 5.97 Å². The molecule has 0 bridgehead atoms. The van der Waals surface area contributed by atoms with Gasteiger partial charge in [-0.1, -0.05) is 12.1 Å². The third kappa shape index (κ3) is 3.50. The lowest BCUT2D eigenvalue weighted by Gasteiger charge is -2.12. The Bertz CT molecular complexity index is 698. The molecule has 6 heteroatoms. The second-order valence-electron chi connectivity index (χ2n) is 4.46. The minimum atomic E-state index is -1.08. The minimum absolute atomic E-state index is 0.0398. The van der Waals surface area contributed by atoms with Gasteiger partial charge in [-0.3, -0.25) is 4.79 Å².